The average molecular weight is 762 g/mol. The van der Waals surface area contributed by atoms with Gasteiger partial charge in [-0.05, 0) is 101 Å². The van der Waals surface area contributed by atoms with Crippen molar-refractivity contribution in [3.05, 3.63) is 60.3 Å². The van der Waals surface area contributed by atoms with Gasteiger partial charge in [0.1, 0.15) is 35.2 Å². The normalized spacial score (nSPS) is 24.3. The maximum Gasteiger partial charge on any atom is 0.319 e. The zero-order valence-electron chi connectivity index (χ0n) is 31.3. The number of carbonyl (C=O) groups is 2. The van der Waals surface area contributed by atoms with E-state index in [0.29, 0.717) is 42.7 Å². The van der Waals surface area contributed by atoms with Crippen molar-refractivity contribution in [1.82, 2.24) is 30.1 Å². The lowest BCUT2D eigenvalue weighted by Crippen LogP contribution is -2.58. The Bertz CT molecular complexity index is 2290. The predicted molar refractivity (Wildman–Crippen MR) is 208 cm³/mol. The van der Waals surface area contributed by atoms with Crippen molar-refractivity contribution in [3.63, 3.8) is 0 Å². The molecule has 56 heavy (non-hydrogen) atoms. The molecule has 1 saturated carbocycles. The number of halogens is 2. The summed E-state index contributed by atoms with van der Waals surface area (Å²) >= 11 is 0. The molecular formula is C43H45F2N7O4. The number of nitrogens with zero attached hydrogens (tertiary/aromatic N) is 6. The largest absolute Gasteiger partial charge is 0.508 e. The molecule has 4 atom stereocenters. The number of phenols is 1. The first-order valence-corrected chi connectivity index (χ1v) is 19.8. The maximum atomic E-state index is 17.2. The van der Waals surface area contributed by atoms with Gasteiger partial charge in [-0.25, -0.2) is 8.78 Å². The highest BCUT2D eigenvalue weighted by Crippen LogP contribution is 2.43. The van der Waals surface area contributed by atoms with Crippen LogP contribution in [0.1, 0.15) is 69.8 Å². The van der Waals surface area contributed by atoms with Gasteiger partial charge < -0.3 is 25.0 Å². The number of aromatic nitrogens is 3. The van der Waals surface area contributed by atoms with Gasteiger partial charge in [0.15, 0.2) is 5.82 Å². The van der Waals surface area contributed by atoms with E-state index in [0.717, 1.165) is 70.9 Å². The molecule has 2 N–H and O–H groups in total. The van der Waals surface area contributed by atoms with Crippen molar-refractivity contribution in [2.24, 2.45) is 5.92 Å². The van der Waals surface area contributed by atoms with Gasteiger partial charge in [0.25, 0.3) is 0 Å². The standard InChI is InChI=1S/C43H45F2N7O4/c1-3-31-34(44)13-10-25-19-30(53)20-32(36(25)31)38-37(45)39-33(21-46-38)40(49-42(48-39)56-24-43-14-6-16-51(43)17-7-15-43)50-22-28-11-12-29(23-50)52(28)41(55)26-8-5-9-27(18-26)47-35(54)4-2/h1,4,10,13,19-21,26-29,53H,2,5-9,11-12,14-18,22-24H2,(H,47,54). The van der Waals surface area contributed by atoms with Gasteiger partial charge in [-0.2, -0.15) is 9.97 Å². The van der Waals surface area contributed by atoms with Gasteiger partial charge in [0, 0.05) is 54.3 Å². The number of ether oxygens (including phenoxy) is 1. The second-order valence-electron chi connectivity index (χ2n) is 16.2. The first kappa shape index (κ1) is 36.3. The number of terminal acetylenes is 1. The minimum atomic E-state index is -0.774. The minimum Gasteiger partial charge on any atom is -0.508 e. The number of phenolic OH excluding ortho intramolecular Hbond substituents is 1. The van der Waals surface area contributed by atoms with Crippen LogP contribution in [0.2, 0.25) is 0 Å². The second-order valence-corrected chi connectivity index (χ2v) is 16.2. The van der Waals surface area contributed by atoms with E-state index < -0.39 is 11.6 Å². The summed E-state index contributed by atoms with van der Waals surface area (Å²) in [6.07, 6.45) is 17.5. The van der Waals surface area contributed by atoms with Crippen molar-refractivity contribution in [3.8, 4) is 35.4 Å². The molecule has 5 fully saturated rings. The zero-order chi connectivity index (χ0) is 38.7. The molecule has 0 spiro atoms. The summed E-state index contributed by atoms with van der Waals surface area (Å²) in [6.45, 7) is 6.95. The lowest BCUT2D eigenvalue weighted by molar-refractivity contribution is -0.140. The van der Waals surface area contributed by atoms with Crippen LogP contribution in [0.15, 0.2) is 43.1 Å². The van der Waals surface area contributed by atoms with Crippen molar-refractivity contribution >= 4 is 39.3 Å². The van der Waals surface area contributed by atoms with Crippen LogP contribution >= 0.6 is 0 Å². The third-order valence-corrected chi connectivity index (χ3v) is 13.0. The molecule has 5 aliphatic rings. The number of piperazine rings is 1. The summed E-state index contributed by atoms with van der Waals surface area (Å²) in [4.78, 5) is 47.0. The fourth-order valence-electron chi connectivity index (χ4n) is 10.4. The highest BCUT2D eigenvalue weighted by Gasteiger charge is 2.47. The van der Waals surface area contributed by atoms with Gasteiger partial charge >= 0.3 is 6.01 Å². The molecule has 2 bridgehead atoms. The summed E-state index contributed by atoms with van der Waals surface area (Å²) in [5.74, 6) is 1.03. The van der Waals surface area contributed by atoms with Crippen LogP contribution in [0.25, 0.3) is 32.9 Å². The summed E-state index contributed by atoms with van der Waals surface area (Å²) in [6, 6.07) is 5.34. The van der Waals surface area contributed by atoms with Crippen LogP contribution in [0.3, 0.4) is 0 Å². The Morgan fingerprint density at radius 2 is 1.84 bits per heavy atom. The summed E-state index contributed by atoms with van der Waals surface area (Å²) in [5.41, 5.74) is -0.179. The third kappa shape index (κ3) is 6.18. The third-order valence-electron chi connectivity index (χ3n) is 13.0. The Hall–Kier alpha value is -5.35. The fraction of sp³-hybridized carbons (Fsp3) is 0.465. The Labute approximate surface area is 324 Å². The molecule has 2 aromatic heterocycles. The molecule has 4 aromatic rings. The van der Waals surface area contributed by atoms with Crippen LogP contribution in [0.4, 0.5) is 14.6 Å². The first-order valence-electron chi connectivity index (χ1n) is 19.8. The number of fused-ring (bicyclic) bond motifs is 5. The van der Waals surface area contributed by atoms with Gasteiger partial charge in [-0.15, -0.1) is 6.42 Å². The van der Waals surface area contributed by atoms with Crippen molar-refractivity contribution in [1.29, 1.82) is 0 Å². The Kier molecular flexibility index (Phi) is 9.27. The van der Waals surface area contributed by atoms with Gasteiger partial charge in [-0.3, -0.25) is 19.5 Å². The average Bonchev–Trinajstić information content (AvgIpc) is 3.87. The quantitative estimate of drug-likeness (QED) is 0.168. The van der Waals surface area contributed by atoms with Crippen LogP contribution in [-0.4, -0.2) is 98.1 Å². The number of nitrogens with one attached hydrogen (secondary N) is 1. The van der Waals surface area contributed by atoms with Crippen LogP contribution < -0.4 is 15.0 Å². The lowest BCUT2D eigenvalue weighted by Gasteiger charge is -2.44. The molecule has 4 aliphatic heterocycles. The van der Waals surface area contributed by atoms with E-state index in [1.54, 1.807) is 0 Å². The van der Waals surface area contributed by atoms with E-state index >= 15 is 8.78 Å². The number of carbonyl (C=O) groups excluding carboxylic acids is 2. The lowest BCUT2D eigenvalue weighted by atomic mass is 9.84. The molecule has 13 heteroatoms. The number of pyridine rings is 1. The molecule has 11 nitrogen and oxygen atoms in total. The highest BCUT2D eigenvalue weighted by atomic mass is 19.1. The Morgan fingerprint density at radius 3 is 2.57 bits per heavy atom. The maximum absolute atomic E-state index is 17.2. The summed E-state index contributed by atoms with van der Waals surface area (Å²) in [7, 11) is 0. The Balaban J connectivity index is 1.08. The predicted octanol–water partition coefficient (Wildman–Crippen LogP) is 5.86. The van der Waals surface area contributed by atoms with E-state index in [2.05, 4.69) is 42.5 Å². The van der Waals surface area contributed by atoms with E-state index in [-0.39, 0.29) is 80.9 Å². The number of hydrogen-bond donors (Lipinski definition) is 2. The molecule has 4 unspecified atom stereocenters. The van der Waals surface area contributed by atoms with E-state index in [1.165, 1.54) is 36.5 Å². The van der Waals surface area contributed by atoms with E-state index in [9.17, 15) is 14.7 Å². The smallest absolute Gasteiger partial charge is 0.319 e. The number of benzene rings is 2. The molecule has 9 rings (SSSR count). The molecule has 290 valence electrons. The van der Waals surface area contributed by atoms with Crippen LogP contribution in [-0.2, 0) is 9.59 Å². The number of anilines is 1. The van der Waals surface area contributed by atoms with Crippen molar-refractivity contribution in [2.75, 3.05) is 37.7 Å². The monoisotopic (exact) mass is 761 g/mol. The molecule has 2 amide bonds. The fourth-order valence-corrected chi connectivity index (χ4v) is 10.4. The van der Waals surface area contributed by atoms with E-state index in [1.807, 2.05) is 0 Å². The topological polar surface area (TPSA) is 124 Å². The van der Waals surface area contributed by atoms with Crippen molar-refractivity contribution in [2.45, 2.75) is 87.9 Å². The number of aromatic hydroxyl groups is 1. The zero-order valence-corrected chi connectivity index (χ0v) is 31.3. The summed E-state index contributed by atoms with van der Waals surface area (Å²) in [5, 5.41) is 14.7. The van der Waals surface area contributed by atoms with E-state index in [4.69, 9.17) is 16.1 Å². The van der Waals surface area contributed by atoms with Gasteiger partial charge in [0.05, 0.1) is 16.5 Å². The van der Waals surface area contributed by atoms with Crippen LogP contribution in [0, 0.1) is 29.9 Å². The number of amides is 2. The van der Waals surface area contributed by atoms with Crippen molar-refractivity contribution < 1.29 is 28.2 Å². The molecular weight excluding hydrogens is 717 g/mol. The van der Waals surface area contributed by atoms with Gasteiger partial charge in [-0.1, -0.05) is 25.0 Å². The second kappa shape index (κ2) is 14.3. The Morgan fingerprint density at radius 1 is 1.07 bits per heavy atom. The summed E-state index contributed by atoms with van der Waals surface area (Å²) < 4.78 is 38.6. The minimum absolute atomic E-state index is 0.0157. The molecule has 6 heterocycles. The number of rotatable bonds is 8. The first-order chi connectivity index (χ1) is 27.2. The van der Waals surface area contributed by atoms with Gasteiger partial charge in [0.2, 0.25) is 11.8 Å². The van der Waals surface area contributed by atoms with Crippen LogP contribution in [0.5, 0.6) is 11.8 Å². The number of hydrogen-bond acceptors (Lipinski definition) is 9. The highest BCUT2D eigenvalue weighted by molar-refractivity contribution is 6.03. The molecule has 2 aromatic carbocycles. The molecule has 4 saturated heterocycles. The SMILES string of the molecule is C#Cc1c(F)ccc2cc(O)cc(-c3ncc4c(N5CC6CCC(C5)N6C(=O)C5CCCC(NC(=O)C=C)C5)nc(OCC56CCCN5CCC6)nc4c3F)c12. The molecule has 0 radical (unpaired) electrons. The molecule has 1 aliphatic carbocycles.